The van der Waals surface area contributed by atoms with Crippen molar-refractivity contribution in [1.82, 2.24) is 10.3 Å². The van der Waals surface area contributed by atoms with Crippen molar-refractivity contribution in [2.75, 3.05) is 24.5 Å². The Morgan fingerprint density at radius 3 is 2.81 bits per heavy atom. The van der Waals surface area contributed by atoms with Crippen molar-refractivity contribution < 1.29 is 0 Å². The number of fused-ring (bicyclic) bond motifs is 1. The summed E-state index contributed by atoms with van der Waals surface area (Å²) in [5.74, 6) is 1.19. The highest BCUT2D eigenvalue weighted by Gasteiger charge is 2.40. The molecule has 3 heteroatoms. The number of anilines is 1. The molecule has 1 aliphatic carbocycles. The van der Waals surface area contributed by atoms with Gasteiger partial charge in [-0.1, -0.05) is 43.5 Å². The minimum atomic E-state index is 0.285. The summed E-state index contributed by atoms with van der Waals surface area (Å²) in [5.41, 5.74) is 0.285. The van der Waals surface area contributed by atoms with Gasteiger partial charge in [-0.2, -0.15) is 0 Å². The maximum absolute atomic E-state index is 4.78. The number of hydrogen-bond acceptors (Lipinski definition) is 3. The minimum Gasteiger partial charge on any atom is -0.348 e. The predicted octanol–water partition coefficient (Wildman–Crippen LogP) is 3.35. The molecule has 0 radical (unpaired) electrons. The second kappa shape index (κ2) is 5.30. The van der Waals surface area contributed by atoms with Crippen LogP contribution >= 0.6 is 0 Å². The Hall–Kier alpha value is -1.61. The molecule has 2 aromatic rings. The first-order valence-electron chi connectivity index (χ1n) is 8.21. The summed E-state index contributed by atoms with van der Waals surface area (Å²) in [6.07, 6.45) is 8.65. The van der Waals surface area contributed by atoms with Crippen molar-refractivity contribution >= 4 is 16.6 Å². The van der Waals surface area contributed by atoms with Crippen LogP contribution in [-0.2, 0) is 0 Å². The molecule has 3 nitrogen and oxygen atoms in total. The first-order chi connectivity index (χ1) is 10.4. The molecule has 0 unspecified atom stereocenters. The summed E-state index contributed by atoms with van der Waals surface area (Å²) >= 11 is 0. The Morgan fingerprint density at radius 1 is 1.05 bits per heavy atom. The molecular formula is C18H23N3. The summed E-state index contributed by atoms with van der Waals surface area (Å²) in [4.78, 5) is 7.39. The van der Waals surface area contributed by atoms with Crippen LogP contribution in [0.3, 0.4) is 0 Å². The molecule has 1 aromatic heterocycles. The van der Waals surface area contributed by atoms with Crippen LogP contribution in [0.25, 0.3) is 10.8 Å². The standard InChI is InChI=1S/C18H23N3/c1-4-9-18(10-5-1)14-19-12-13-21(18)17-16-7-3-2-6-15(16)8-11-20-17/h2-3,6-8,11,19H,1,4-5,9-10,12-14H2. The van der Waals surface area contributed by atoms with Crippen LogP contribution in [0.15, 0.2) is 36.5 Å². The summed E-state index contributed by atoms with van der Waals surface area (Å²) < 4.78 is 0. The quantitative estimate of drug-likeness (QED) is 0.869. The fraction of sp³-hybridized carbons (Fsp3) is 0.500. The molecule has 2 aliphatic rings. The van der Waals surface area contributed by atoms with Crippen LogP contribution in [0.5, 0.6) is 0 Å². The highest BCUT2D eigenvalue weighted by Crippen LogP contribution is 2.39. The van der Waals surface area contributed by atoms with Crippen LogP contribution in [0.4, 0.5) is 5.82 Å². The predicted molar refractivity (Wildman–Crippen MR) is 87.8 cm³/mol. The molecule has 2 fully saturated rings. The van der Waals surface area contributed by atoms with E-state index in [1.807, 2.05) is 6.20 Å². The van der Waals surface area contributed by atoms with Gasteiger partial charge in [0.05, 0.1) is 5.54 Å². The number of hydrogen-bond donors (Lipinski definition) is 1. The number of aromatic nitrogens is 1. The maximum Gasteiger partial charge on any atom is 0.136 e. The smallest absolute Gasteiger partial charge is 0.136 e. The Morgan fingerprint density at radius 2 is 1.90 bits per heavy atom. The SMILES string of the molecule is c1ccc2c(N3CCNCC34CCCCC4)nccc2c1. The average molecular weight is 281 g/mol. The molecule has 110 valence electrons. The number of benzene rings is 1. The zero-order chi connectivity index (χ0) is 14.1. The lowest BCUT2D eigenvalue weighted by molar-refractivity contribution is 0.240. The van der Waals surface area contributed by atoms with E-state index in [1.54, 1.807) is 0 Å². The third-order valence-electron chi connectivity index (χ3n) is 5.23. The Kier molecular flexibility index (Phi) is 3.30. The van der Waals surface area contributed by atoms with Gasteiger partial charge in [0.15, 0.2) is 0 Å². The lowest BCUT2D eigenvalue weighted by atomic mass is 9.79. The van der Waals surface area contributed by atoms with Crippen LogP contribution in [0.2, 0.25) is 0 Å². The Labute approximate surface area is 126 Å². The molecule has 1 spiro atoms. The van der Waals surface area contributed by atoms with E-state index in [-0.39, 0.29) is 5.54 Å². The molecule has 0 amide bonds. The molecule has 1 saturated heterocycles. The zero-order valence-corrected chi connectivity index (χ0v) is 12.5. The molecule has 0 bridgehead atoms. The van der Waals surface area contributed by atoms with Gasteiger partial charge in [0.25, 0.3) is 0 Å². The summed E-state index contributed by atoms with van der Waals surface area (Å²) in [5, 5.41) is 6.22. The first-order valence-corrected chi connectivity index (χ1v) is 8.21. The van der Waals surface area contributed by atoms with E-state index in [9.17, 15) is 0 Å². The fourth-order valence-electron chi connectivity index (χ4n) is 4.15. The van der Waals surface area contributed by atoms with Gasteiger partial charge in [-0.25, -0.2) is 4.98 Å². The minimum absolute atomic E-state index is 0.285. The monoisotopic (exact) mass is 281 g/mol. The molecular weight excluding hydrogens is 258 g/mol. The van der Waals surface area contributed by atoms with Crippen LogP contribution < -0.4 is 10.2 Å². The number of pyridine rings is 1. The average Bonchev–Trinajstić information content (AvgIpc) is 2.56. The van der Waals surface area contributed by atoms with Gasteiger partial charge in [-0.05, 0) is 24.3 Å². The van der Waals surface area contributed by atoms with E-state index in [0.29, 0.717) is 0 Å². The van der Waals surface area contributed by atoms with E-state index >= 15 is 0 Å². The van der Waals surface area contributed by atoms with Gasteiger partial charge in [0.2, 0.25) is 0 Å². The van der Waals surface area contributed by atoms with Gasteiger partial charge < -0.3 is 10.2 Å². The third-order valence-corrected chi connectivity index (χ3v) is 5.23. The molecule has 1 aromatic carbocycles. The lowest BCUT2D eigenvalue weighted by Gasteiger charge is -2.50. The highest BCUT2D eigenvalue weighted by molar-refractivity contribution is 5.92. The van der Waals surface area contributed by atoms with Crippen LogP contribution in [0, 0.1) is 0 Å². The van der Waals surface area contributed by atoms with Crippen molar-refractivity contribution in [1.29, 1.82) is 0 Å². The molecule has 2 heterocycles. The Bertz CT molecular complexity index is 618. The molecule has 0 atom stereocenters. The van der Waals surface area contributed by atoms with E-state index in [4.69, 9.17) is 4.98 Å². The van der Waals surface area contributed by atoms with Crippen molar-refractivity contribution in [3.05, 3.63) is 36.5 Å². The summed E-state index contributed by atoms with van der Waals surface area (Å²) in [7, 11) is 0. The van der Waals surface area contributed by atoms with Crippen molar-refractivity contribution in [3.63, 3.8) is 0 Å². The van der Waals surface area contributed by atoms with Crippen LogP contribution in [0.1, 0.15) is 32.1 Å². The number of rotatable bonds is 1. The Balaban J connectivity index is 1.81. The lowest BCUT2D eigenvalue weighted by Crippen LogP contribution is -2.62. The van der Waals surface area contributed by atoms with Crippen molar-refractivity contribution in [2.24, 2.45) is 0 Å². The zero-order valence-electron chi connectivity index (χ0n) is 12.5. The molecule has 1 saturated carbocycles. The number of nitrogens with zero attached hydrogens (tertiary/aromatic N) is 2. The van der Waals surface area contributed by atoms with Gasteiger partial charge >= 0.3 is 0 Å². The molecule has 4 rings (SSSR count). The first kappa shape index (κ1) is 13.1. The second-order valence-corrected chi connectivity index (χ2v) is 6.47. The van der Waals surface area contributed by atoms with E-state index in [1.165, 1.54) is 48.7 Å². The summed E-state index contributed by atoms with van der Waals surface area (Å²) in [6, 6.07) is 10.8. The van der Waals surface area contributed by atoms with Gasteiger partial charge in [0, 0.05) is 31.2 Å². The second-order valence-electron chi connectivity index (χ2n) is 6.47. The third kappa shape index (κ3) is 2.20. The number of piperazine rings is 1. The normalized spacial score (nSPS) is 21.8. The number of nitrogens with one attached hydrogen (secondary N) is 1. The van der Waals surface area contributed by atoms with Crippen molar-refractivity contribution in [3.8, 4) is 0 Å². The largest absolute Gasteiger partial charge is 0.348 e. The molecule has 1 aliphatic heterocycles. The summed E-state index contributed by atoms with van der Waals surface area (Å²) in [6.45, 7) is 3.24. The molecule has 1 N–H and O–H groups in total. The van der Waals surface area contributed by atoms with E-state index in [2.05, 4.69) is 40.5 Å². The van der Waals surface area contributed by atoms with Gasteiger partial charge in [0.1, 0.15) is 5.82 Å². The maximum atomic E-state index is 4.78. The topological polar surface area (TPSA) is 28.2 Å². The van der Waals surface area contributed by atoms with Crippen molar-refractivity contribution in [2.45, 2.75) is 37.6 Å². The highest BCUT2D eigenvalue weighted by atomic mass is 15.3. The van der Waals surface area contributed by atoms with Crippen LogP contribution in [-0.4, -0.2) is 30.2 Å². The van der Waals surface area contributed by atoms with Gasteiger partial charge in [-0.15, -0.1) is 0 Å². The fourth-order valence-corrected chi connectivity index (χ4v) is 4.15. The van der Waals surface area contributed by atoms with Gasteiger partial charge in [-0.3, -0.25) is 0 Å². The van der Waals surface area contributed by atoms with E-state index < -0.39 is 0 Å². The molecule has 21 heavy (non-hydrogen) atoms. The van der Waals surface area contributed by atoms with E-state index in [0.717, 1.165) is 19.6 Å².